The van der Waals surface area contributed by atoms with Crippen molar-refractivity contribution in [1.82, 2.24) is 0 Å². The molecule has 17 heavy (non-hydrogen) atoms. The first-order valence-corrected chi connectivity index (χ1v) is 8.16. The van der Waals surface area contributed by atoms with Crippen LogP contribution in [0.1, 0.15) is 49.8 Å². The summed E-state index contributed by atoms with van der Waals surface area (Å²) < 4.78 is 1.09. The van der Waals surface area contributed by atoms with Crippen LogP contribution in [0.5, 0.6) is 0 Å². The molecule has 0 spiro atoms. The van der Waals surface area contributed by atoms with Gasteiger partial charge < -0.3 is 0 Å². The van der Waals surface area contributed by atoms with E-state index in [4.69, 9.17) is 0 Å². The summed E-state index contributed by atoms with van der Waals surface area (Å²) in [5, 5.41) is 2.05. The lowest BCUT2D eigenvalue weighted by molar-refractivity contribution is -0.118. The highest BCUT2D eigenvalue weighted by Crippen LogP contribution is 2.28. The van der Waals surface area contributed by atoms with E-state index in [1.54, 1.807) is 11.3 Å². The molecule has 0 atom stereocenters. The van der Waals surface area contributed by atoms with Crippen LogP contribution in [-0.2, 0) is 11.2 Å². The maximum absolute atomic E-state index is 11.9. The molecule has 0 radical (unpaired) electrons. The van der Waals surface area contributed by atoms with E-state index in [1.807, 2.05) is 5.38 Å². The van der Waals surface area contributed by atoms with Crippen molar-refractivity contribution in [2.24, 2.45) is 5.92 Å². The number of Topliss-reactive ketones (excluding diaryl/α,β-unsaturated/α-hetero) is 1. The summed E-state index contributed by atoms with van der Waals surface area (Å²) in [4.78, 5) is 13.0. The van der Waals surface area contributed by atoms with E-state index in [0.29, 0.717) is 12.2 Å². The summed E-state index contributed by atoms with van der Waals surface area (Å²) >= 11 is 5.09. The summed E-state index contributed by atoms with van der Waals surface area (Å²) in [6.07, 6.45) is 9.35. The highest BCUT2D eigenvalue weighted by molar-refractivity contribution is 9.10. The van der Waals surface area contributed by atoms with Crippen molar-refractivity contribution in [3.05, 3.63) is 20.8 Å². The molecule has 1 aliphatic carbocycles. The Labute approximate surface area is 116 Å². The van der Waals surface area contributed by atoms with Crippen LogP contribution in [0, 0.1) is 5.92 Å². The number of hydrogen-bond donors (Lipinski definition) is 0. The van der Waals surface area contributed by atoms with Gasteiger partial charge >= 0.3 is 0 Å². The van der Waals surface area contributed by atoms with Gasteiger partial charge in [-0.05, 0) is 34.3 Å². The van der Waals surface area contributed by atoms with Gasteiger partial charge in [0.15, 0.2) is 0 Å². The first-order chi connectivity index (χ1) is 8.24. The fraction of sp³-hybridized carbons (Fsp3) is 0.643. The number of hydrogen-bond acceptors (Lipinski definition) is 2. The Kier molecular flexibility index (Phi) is 5.23. The van der Waals surface area contributed by atoms with Crippen LogP contribution >= 0.6 is 27.3 Å². The Balaban J connectivity index is 1.70. The summed E-state index contributed by atoms with van der Waals surface area (Å²) in [7, 11) is 0. The zero-order valence-corrected chi connectivity index (χ0v) is 12.5. The molecule has 1 heterocycles. The maximum Gasteiger partial charge on any atom is 0.138 e. The van der Waals surface area contributed by atoms with Crippen molar-refractivity contribution in [3.8, 4) is 0 Å². The van der Waals surface area contributed by atoms with Gasteiger partial charge in [-0.1, -0.05) is 32.1 Å². The predicted octanol–water partition coefficient (Wildman–Crippen LogP) is 4.98. The van der Waals surface area contributed by atoms with Gasteiger partial charge in [0.1, 0.15) is 5.78 Å². The molecule has 1 aromatic heterocycles. The summed E-state index contributed by atoms with van der Waals surface area (Å²) in [6, 6.07) is 2.06. The van der Waals surface area contributed by atoms with Gasteiger partial charge in [0, 0.05) is 27.6 Å². The number of thiophene rings is 1. The van der Waals surface area contributed by atoms with Gasteiger partial charge in [0.25, 0.3) is 0 Å². The molecule has 2 rings (SSSR count). The van der Waals surface area contributed by atoms with Crippen molar-refractivity contribution in [3.63, 3.8) is 0 Å². The van der Waals surface area contributed by atoms with E-state index >= 15 is 0 Å². The van der Waals surface area contributed by atoms with E-state index in [0.717, 1.165) is 23.2 Å². The Morgan fingerprint density at radius 2 is 2.12 bits per heavy atom. The maximum atomic E-state index is 11.9. The minimum absolute atomic E-state index is 0.407. The molecule has 0 amide bonds. The monoisotopic (exact) mass is 314 g/mol. The number of rotatable bonds is 5. The molecule has 1 fully saturated rings. The van der Waals surface area contributed by atoms with Crippen molar-refractivity contribution >= 4 is 33.0 Å². The molecular formula is C14H19BrOS. The third kappa shape index (κ3) is 4.55. The Morgan fingerprint density at radius 1 is 1.35 bits per heavy atom. The molecule has 3 heteroatoms. The number of carbonyl (C=O) groups excluding carboxylic acids is 1. The SMILES string of the molecule is O=C(CCC1CCCCC1)Cc1cc(Br)cs1. The van der Waals surface area contributed by atoms with Crippen molar-refractivity contribution in [2.45, 2.75) is 51.4 Å². The minimum atomic E-state index is 0.407. The van der Waals surface area contributed by atoms with Crippen LogP contribution in [-0.4, -0.2) is 5.78 Å². The van der Waals surface area contributed by atoms with E-state index < -0.39 is 0 Å². The second-order valence-corrected chi connectivity index (χ2v) is 6.90. The number of carbonyl (C=O) groups is 1. The third-order valence-corrected chi connectivity index (χ3v) is 5.25. The van der Waals surface area contributed by atoms with Gasteiger partial charge in [-0.2, -0.15) is 0 Å². The Morgan fingerprint density at radius 3 is 2.76 bits per heavy atom. The van der Waals surface area contributed by atoms with Crippen LogP contribution < -0.4 is 0 Å². The van der Waals surface area contributed by atoms with Crippen LogP contribution in [0.3, 0.4) is 0 Å². The largest absolute Gasteiger partial charge is 0.299 e. The number of ketones is 1. The van der Waals surface area contributed by atoms with Gasteiger partial charge in [-0.15, -0.1) is 11.3 Å². The molecule has 1 aliphatic rings. The lowest BCUT2D eigenvalue weighted by Crippen LogP contribution is -2.09. The first kappa shape index (κ1) is 13.3. The molecule has 0 bridgehead atoms. The molecule has 94 valence electrons. The average Bonchev–Trinajstić information content (AvgIpc) is 2.73. The normalized spacial score (nSPS) is 17.2. The Bertz CT molecular complexity index is 366. The van der Waals surface area contributed by atoms with E-state index in [9.17, 15) is 4.79 Å². The van der Waals surface area contributed by atoms with E-state index in [-0.39, 0.29) is 0 Å². The average molecular weight is 315 g/mol. The summed E-state index contributed by atoms with van der Waals surface area (Å²) in [6.45, 7) is 0. The van der Waals surface area contributed by atoms with Crippen molar-refractivity contribution < 1.29 is 4.79 Å². The smallest absolute Gasteiger partial charge is 0.138 e. The predicted molar refractivity (Wildman–Crippen MR) is 76.5 cm³/mol. The Hall–Kier alpha value is -0.150. The highest BCUT2D eigenvalue weighted by atomic mass is 79.9. The van der Waals surface area contributed by atoms with Gasteiger partial charge in [0.2, 0.25) is 0 Å². The second-order valence-electron chi connectivity index (χ2n) is 4.99. The number of halogens is 1. The molecule has 1 nitrogen and oxygen atoms in total. The zero-order valence-electron chi connectivity index (χ0n) is 10.1. The molecule has 0 unspecified atom stereocenters. The van der Waals surface area contributed by atoms with Crippen LogP contribution in [0.2, 0.25) is 0 Å². The van der Waals surface area contributed by atoms with Crippen LogP contribution in [0.4, 0.5) is 0 Å². The van der Waals surface area contributed by atoms with E-state index in [1.165, 1.54) is 37.0 Å². The summed E-state index contributed by atoms with van der Waals surface area (Å²) in [5.74, 6) is 1.23. The lowest BCUT2D eigenvalue weighted by atomic mass is 9.85. The van der Waals surface area contributed by atoms with Gasteiger partial charge in [0.05, 0.1) is 0 Å². The third-order valence-electron chi connectivity index (χ3n) is 3.55. The lowest BCUT2D eigenvalue weighted by Gasteiger charge is -2.20. The minimum Gasteiger partial charge on any atom is -0.299 e. The molecule has 0 aromatic carbocycles. The molecular weight excluding hydrogens is 296 g/mol. The van der Waals surface area contributed by atoms with Gasteiger partial charge in [-0.25, -0.2) is 0 Å². The standard InChI is InChI=1S/C14H19BrOS/c15-12-8-14(17-10-12)9-13(16)7-6-11-4-2-1-3-5-11/h8,10-11H,1-7,9H2. The molecule has 0 saturated heterocycles. The van der Waals surface area contributed by atoms with Gasteiger partial charge in [-0.3, -0.25) is 4.79 Å². The zero-order chi connectivity index (χ0) is 12.1. The second kappa shape index (κ2) is 6.69. The quantitative estimate of drug-likeness (QED) is 0.748. The topological polar surface area (TPSA) is 17.1 Å². The molecule has 1 saturated carbocycles. The van der Waals surface area contributed by atoms with E-state index in [2.05, 4.69) is 22.0 Å². The van der Waals surface area contributed by atoms with Crippen LogP contribution in [0.15, 0.2) is 15.9 Å². The fourth-order valence-electron chi connectivity index (χ4n) is 2.57. The van der Waals surface area contributed by atoms with Crippen LogP contribution in [0.25, 0.3) is 0 Å². The summed E-state index contributed by atoms with van der Waals surface area (Å²) in [5.41, 5.74) is 0. The fourth-order valence-corrected chi connectivity index (χ4v) is 4.05. The molecule has 0 aliphatic heterocycles. The highest BCUT2D eigenvalue weighted by Gasteiger charge is 2.15. The molecule has 0 N–H and O–H groups in total. The first-order valence-electron chi connectivity index (χ1n) is 6.48. The van der Waals surface area contributed by atoms with Crippen molar-refractivity contribution in [1.29, 1.82) is 0 Å². The van der Waals surface area contributed by atoms with Crippen molar-refractivity contribution in [2.75, 3.05) is 0 Å². The molecule has 1 aromatic rings.